The Labute approximate surface area is 132 Å². The molecule has 2 aromatic rings. The summed E-state index contributed by atoms with van der Waals surface area (Å²) in [4.78, 5) is 8.46. The lowest BCUT2D eigenvalue weighted by molar-refractivity contribution is 0.324. The molecule has 1 heterocycles. The van der Waals surface area contributed by atoms with Crippen molar-refractivity contribution in [2.24, 2.45) is 0 Å². The maximum atomic E-state index is 6.05. The third-order valence-electron chi connectivity index (χ3n) is 2.95. The maximum Gasteiger partial charge on any atom is 0.203 e. The molecule has 5 nitrogen and oxygen atoms in total. The largest absolute Gasteiger partial charge is 0.493 e. The Bertz CT molecular complexity index is 629. The molecule has 112 valence electrons. The molecule has 0 atom stereocenters. The van der Waals surface area contributed by atoms with Crippen LogP contribution >= 0.6 is 23.2 Å². The average molecular weight is 329 g/mol. The van der Waals surface area contributed by atoms with Gasteiger partial charge in [-0.3, -0.25) is 0 Å². The van der Waals surface area contributed by atoms with Gasteiger partial charge >= 0.3 is 0 Å². The summed E-state index contributed by atoms with van der Waals surface area (Å²) in [5.41, 5.74) is 1.29. The molecule has 0 aliphatic heterocycles. The highest BCUT2D eigenvalue weighted by Crippen LogP contribution is 2.40. The predicted octanol–water partition coefficient (Wildman–Crippen LogP) is 3.78. The summed E-state index contributed by atoms with van der Waals surface area (Å²) in [6.07, 6.45) is 0. The van der Waals surface area contributed by atoms with E-state index in [1.54, 1.807) is 19.1 Å². The topological polar surface area (TPSA) is 53.5 Å². The minimum atomic E-state index is 0.304. The Kier molecular flexibility index (Phi) is 4.75. The maximum absolute atomic E-state index is 6.05. The molecule has 0 aliphatic rings. The van der Waals surface area contributed by atoms with Crippen LogP contribution in [0.4, 0.5) is 0 Å². The molecule has 0 fully saturated rings. The number of benzene rings is 1. The van der Waals surface area contributed by atoms with Crippen molar-refractivity contribution >= 4 is 23.2 Å². The van der Waals surface area contributed by atoms with Crippen molar-refractivity contribution in [3.63, 3.8) is 0 Å². The zero-order chi connectivity index (χ0) is 15.6. The number of methoxy groups -OCH3 is 3. The van der Waals surface area contributed by atoms with Gasteiger partial charge in [0.2, 0.25) is 5.75 Å². The van der Waals surface area contributed by atoms with E-state index < -0.39 is 0 Å². The van der Waals surface area contributed by atoms with Gasteiger partial charge in [0, 0.05) is 11.1 Å². The standard InChI is InChI=1S/C14H14Cl2N2O3/c1-7-12(15)17-14(18-13(7)16)8-5-9(19-2)11(21-4)10(6-8)20-3/h5-6H,1-4H3. The van der Waals surface area contributed by atoms with Gasteiger partial charge in [-0.25, -0.2) is 9.97 Å². The second-order valence-electron chi connectivity index (χ2n) is 4.17. The fourth-order valence-corrected chi connectivity index (χ4v) is 2.19. The molecule has 2 rings (SSSR count). The Morgan fingerprint density at radius 1 is 0.857 bits per heavy atom. The number of halogens is 2. The first-order chi connectivity index (χ1) is 10.0. The highest BCUT2D eigenvalue weighted by molar-refractivity contribution is 6.34. The van der Waals surface area contributed by atoms with E-state index in [2.05, 4.69) is 9.97 Å². The second kappa shape index (κ2) is 6.37. The summed E-state index contributed by atoms with van der Waals surface area (Å²) in [5.74, 6) is 1.88. The number of rotatable bonds is 4. The zero-order valence-electron chi connectivity index (χ0n) is 12.0. The van der Waals surface area contributed by atoms with Crippen molar-refractivity contribution < 1.29 is 14.2 Å². The van der Waals surface area contributed by atoms with Gasteiger partial charge in [-0.05, 0) is 19.1 Å². The third-order valence-corrected chi connectivity index (χ3v) is 3.69. The van der Waals surface area contributed by atoms with Gasteiger partial charge in [-0.15, -0.1) is 0 Å². The van der Waals surface area contributed by atoms with E-state index in [0.717, 1.165) is 0 Å². The normalized spacial score (nSPS) is 10.4. The number of ether oxygens (including phenoxy) is 3. The van der Waals surface area contributed by atoms with Crippen LogP contribution in [0, 0.1) is 6.92 Å². The van der Waals surface area contributed by atoms with Gasteiger partial charge in [-0.1, -0.05) is 23.2 Å². The monoisotopic (exact) mass is 328 g/mol. The molecule has 0 spiro atoms. The van der Waals surface area contributed by atoms with Gasteiger partial charge in [0.25, 0.3) is 0 Å². The minimum Gasteiger partial charge on any atom is -0.493 e. The first-order valence-electron chi connectivity index (χ1n) is 6.01. The summed E-state index contributed by atoms with van der Waals surface area (Å²) in [6.45, 7) is 1.75. The fraction of sp³-hybridized carbons (Fsp3) is 0.286. The van der Waals surface area contributed by atoms with E-state index >= 15 is 0 Å². The Balaban J connectivity index is 2.64. The molecule has 7 heteroatoms. The highest BCUT2D eigenvalue weighted by Gasteiger charge is 2.17. The van der Waals surface area contributed by atoms with Crippen molar-refractivity contribution in [2.75, 3.05) is 21.3 Å². The summed E-state index contributed by atoms with van der Waals surface area (Å²) < 4.78 is 15.9. The van der Waals surface area contributed by atoms with Crippen LogP contribution in [0.15, 0.2) is 12.1 Å². The number of aromatic nitrogens is 2. The molecular weight excluding hydrogens is 315 g/mol. The van der Waals surface area contributed by atoms with Gasteiger partial charge in [0.05, 0.1) is 21.3 Å². The highest BCUT2D eigenvalue weighted by atomic mass is 35.5. The molecule has 0 unspecified atom stereocenters. The van der Waals surface area contributed by atoms with E-state index in [9.17, 15) is 0 Å². The molecule has 0 radical (unpaired) electrons. The quantitative estimate of drug-likeness (QED) is 0.799. The van der Waals surface area contributed by atoms with Crippen molar-refractivity contribution in [2.45, 2.75) is 6.92 Å². The van der Waals surface area contributed by atoms with Crippen LogP contribution in [-0.2, 0) is 0 Å². The minimum absolute atomic E-state index is 0.304. The lowest BCUT2D eigenvalue weighted by atomic mass is 10.1. The lowest BCUT2D eigenvalue weighted by Gasteiger charge is -2.14. The first kappa shape index (κ1) is 15.7. The Hall–Kier alpha value is -1.72. The van der Waals surface area contributed by atoms with Crippen LogP contribution in [0.3, 0.4) is 0 Å². The van der Waals surface area contributed by atoms with Gasteiger partial charge in [-0.2, -0.15) is 0 Å². The van der Waals surface area contributed by atoms with Gasteiger partial charge in [0.1, 0.15) is 10.3 Å². The molecule has 0 saturated heterocycles. The molecule has 0 bridgehead atoms. The van der Waals surface area contributed by atoms with Crippen LogP contribution in [0.1, 0.15) is 5.56 Å². The third kappa shape index (κ3) is 2.99. The van der Waals surface area contributed by atoms with Gasteiger partial charge < -0.3 is 14.2 Å². The Morgan fingerprint density at radius 3 is 1.71 bits per heavy atom. The summed E-state index contributed by atoms with van der Waals surface area (Å²) >= 11 is 12.1. The van der Waals surface area contributed by atoms with Crippen LogP contribution in [0.25, 0.3) is 11.4 Å². The molecule has 1 aromatic carbocycles. The first-order valence-corrected chi connectivity index (χ1v) is 6.77. The average Bonchev–Trinajstić information content (AvgIpc) is 2.50. The molecule has 0 N–H and O–H groups in total. The predicted molar refractivity (Wildman–Crippen MR) is 81.9 cm³/mol. The van der Waals surface area contributed by atoms with E-state index in [1.807, 2.05) is 0 Å². The smallest absolute Gasteiger partial charge is 0.203 e. The number of nitrogens with zero attached hydrogens (tertiary/aromatic N) is 2. The van der Waals surface area contributed by atoms with Crippen LogP contribution in [0.5, 0.6) is 17.2 Å². The SMILES string of the molecule is COc1cc(-c2nc(Cl)c(C)c(Cl)n2)cc(OC)c1OC. The van der Waals surface area contributed by atoms with Crippen molar-refractivity contribution in [1.29, 1.82) is 0 Å². The second-order valence-corrected chi connectivity index (χ2v) is 4.88. The molecule has 0 aliphatic carbocycles. The van der Waals surface area contributed by atoms with Crippen molar-refractivity contribution in [1.82, 2.24) is 9.97 Å². The summed E-state index contributed by atoms with van der Waals surface area (Å²) in [6, 6.07) is 3.47. The fourth-order valence-electron chi connectivity index (χ4n) is 1.80. The van der Waals surface area contributed by atoms with Crippen LogP contribution in [0.2, 0.25) is 10.3 Å². The molecule has 21 heavy (non-hydrogen) atoms. The summed E-state index contributed by atoms with van der Waals surface area (Å²) in [5, 5.41) is 0.609. The van der Waals surface area contributed by atoms with E-state index in [1.165, 1.54) is 21.3 Å². The zero-order valence-corrected chi connectivity index (χ0v) is 13.5. The van der Waals surface area contributed by atoms with Crippen LogP contribution < -0.4 is 14.2 Å². The lowest BCUT2D eigenvalue weighted by Crippen LogP contribution is -1.98. The van der Waals surface area contributed by atoms with Crippen molar-refractivity contribution in [3.05, 3.63) is 28.0 Å². The molecule has 0 amide bonds. The number of hydrogen-bond donors (Lipinski definition) is 0. The van der Waals surface area contributed by atoms with Crippen molar-refractivity contribution in [3.8, 4) is 28.6 Å². The molecule has 0 saturated carbocycles. The molecule has 1 aromatic heterocycles. The van der Waals surface area contributed by atoms with Crippen LogP contribution in [-0.4, -0.2) is 31.3 Å². The van der Waals surface area contributed by atoms with Gasteiger partial charge in [0.15, 0.2) is 17.3 Å². The Morgan fingerprint density at radius 2 is 1.33 bits per heavy atom. The number of hydrogen-bond acceptors (Lipinski definition) is 5. The molecular formula is C14H14Cl2N2O3. The van der Waals surface area contributed by atoms with E-state index in [0.29, 0.717) is 44.5 Å². The van der Waals surface area contributed by atoms with E-state index in [-0.39, 0.29) is 0 Å². The van der Waals surface area contributed by atoms with E-state index in [4.69, 9.17) is 37.4 Å². The summed E-state index contributed by atoms with van der Waals surface area (Å²) in [7, 11) is 4.62.